The maximum atomic E-state index is 12.3. The second-order valence-corrected chi connectivity index (χ2v) is 7.86. The topological polar surface area (TPSA) is 74.4 Å². The summed E-state index contributed by atoms with van der Waals surface area (Å²) >= 11 is 1.68. The van der Waals surface area contributed by atoms with Crippen molar-refractivity contribution >= 4 is 28.1 Å². The molecule has 148 valence electrons. The minimum absolute atomic E-state index is 0.0615. The van der Waals surface area contributed by atoms with Gasteiger partial charge in [0.2, 0.25) is 5.91 Å². The lowest BCUT2D eigenvalue weighted by Crippen LogP contribution is -2.34. The summed E-state index contributed by atoms with van der Waals surface area (Å²) in [4.78, 5) is 30.8. The number of aromatic amines is 1. The smallest absolute Gasteiger partial charge is 0.251 e. The predicted octanol–water partition coefficient (Wildman–Crippen LogP) is 2.95. The number of benzene rings is 1. The highest BCUT2D eigenvalue weighted by Crippen LogP contribution is 2.22. The number of hydrogen-bond acceptors (Lipinski definition) is 5. The molecule has 3 aromatic rings. The number of hydrogen-bond donors (Lipinski definition) is 2. The summed E-state index contributed by atoms with van der Waals surface area (Å²) in [5, 5.41) is 5.92. The number of carbonyl (C=O) groups is 1. The lowest BCUT2D eigenvalue weighted by atomic mass is 10.1. The van der Waals surface area contributed by atoms with Gasteiger partial charge in [-0.25, -0.2) is 0 Å². The monoisotopic (exact) mass is 399 g/mol. The van der Waals surface area contributed by atoms with E-state index in [0.29, 0.717) is 18.5 Å². The maximum Gasteiger partial charge on any atom is 0.251 e. The number of nitrogens with zero attached hydrogens (tertiary/aromatic N) is 1. The van der Waals surface area contributed by atoms with Crippen molar-refractivity contribution in [1.29, 1.82) is 0 Å². The highest BCUT2D eigenvalue weighted by atomic mass is 32.1. The Morgan fingerprint density at radius 3 is 2.79 bits per heavy atom. The summed E-state index contributed by atoms with van der Waals surface area (Å²) in [7, 11) is 5.61. The first-order valence-electron chi connectivity index (χ1n) is 9.14. The van der Waals surface area contributed by atoms with Crippen molar-refractivity contribution in [1.82, 2.24) is 15.2 Å². The van der Waals surface area contributed by atoms with E-state index in [4.69, 9.17) is 4.74 Å². The Morgan fingerprint density at radius 1 is 1.29 bits per heavy atom. The third-order valence-corrected chi connectivity index (χ3v) is 5.71. The zero-order valence-corrected chi connectivity index (χ0v) is 17.1. The number of fused-ring (bicyclic) bond motifs is 1. The molecule has 1 amide bonds. The van der Waals surface area contributed by atoms with Gasteiger partial charge in [0.15, 0.2) is 0 Å². The average molecular weight is 400 g/mol. The van der Waals surface area contributed by atoms with E-state index in [1.54, 1.807) is 24.5 Å². The van der Waals surface area contributed by atoms with Crippen molar-refractivity contribution in [2.45, 2.75) is 18.9 Å². The minimum atomic E-state index is -0.157. The number of amides is 1. The molecule has 28 heavy (non-hydrogen) atoms. The third-order valence-electron chi connectivity index (χ3n) is 4.74. The molecule has 7 heteroatoms. The standard InChI is InChI=1S/C21H25N3O3S/c1-24(2)18(19-5-4-10-28-19)13-22-20(25)9-6-14-11-15-12-16(27-3)7-8-17(15)23-21(14)26/h4-5,7-8,10-12,18H,6,9,13H2,1-3H3,(H,22,25)(H,23,26). The number of likely N-dealkylation sites (N-methyl/N-ethyl adjacent to an activating group) is 1. The minimum Gasteiger partial charge on any atom is -0.497 e. The normalized spacial score (nSPS) is 12.3. The summed E-state index contributed by atoms with van der Waals surface area (Å²) in [6.07, 6.45) is 0.656. The van der Waals surface area contributed by atoms with Gasteiger partial charge in [-0.2, -0.15) is 0 Å². The SMILES string of the molecule is COc1ccc2[nH]c(=O)c(CCC(=O)NCC(c3cccs3)N(C)C)cc2c1. The molecule has 0 bridgehead atoms. The van der Waals surface area contributed by atoms with Gasteiger partial charge in [0.25, 0.3) is 5.56 Å². The average Bonchev–Trinajstić information content (AvgIpc) is 3.20. The molecule has 0 saturated heterocycles. The first-order valence-corrected chi connectivity index (χ1v) is 10.0. The van der Waals surface area contributed by atoms with Crippen LogP contribution >= 0.6 is 11.3 Å². The molecule has 2 heterocycles. The molecule has 0 aliphatic heterocycles. The molecule has 1 atom stereocenters. The molecule has 0 saturated carbocycles. The van der Waals surface area contributed by atoms with E-state index >= 15 is 0 Å². The van der Waals surface area contributed by atoms with Crippen LogP contribution in [-0.2, 0) is 11.2 Å². The van der Waals surface area contributed by atoms with Crippen LogP contribution in [0, 0.1) is 0 Å². The summed E-state index contributed by atoms with van der Waals surface area (Å²) in [5.74, 6) is 0.667. The van der Waals surface area contributed by atoms with Gasteiger partial charge in [0.1, 0.15) is 5.75 Å². The van der Waals surface area contributed by atoms with Gasteiger partial charge in [-0.15, -0.1) is 11.3 Å². The molecule has 2 aromatic heterocycles. The largest absolute Gasteiger partial charge is 0.497 e. The Balaban J connectivity index is 1.62. The van der Waals surface area contributed by atoms with E-state index in [9.17, 15) is 9.59 Å². The Labute approximate surface area is 168 Å². The third kappa shape index (κ3) is 4.79. The van der Waals surface area contributed by atoms with Gasteiger partial charge in [-0.3, -0.25) is 9.59 Å². The molecule has 6 nitrogen and oxygen atoms in total. The van der Waals surface area contributed by atoms with Gasteiger partial charge >= 0.3 is 0 Å². The van der Waals surface area contributed by atoms with Crippen LogP contribution in [0.5, 0.6) is 5.75 Å². The Bertz CT molecular complexity index is 996. The summed E-state index contributed by atoms with van der Waals surface area (Å²) in [6.45, 7) is 0.539. The zero-order chi connectivity index (χ0) is 20.1. The number of pyridine rings is 1. The molecule has 3 rings (SSSR count). The number of H-pyrrole nitrogens is 1. The number of ether oxygens (including phenoxy) is 1. The number of carbonyl (C=O) groups excluding carboxylic acids is 1. The summed E-state index contributed by atoms with van der Waals surface area (Å²) < 4.78 is 5.24. The predicted molar refractivity (Wildman–Crippen MR) is 113 cm³/mol. The van der Waals surface area contributed by atoms with Crippen molar-refractivity contribution in [3.8, 4) is 5.75 Å². The van der Waals surface area contributed by atoms with Crippen molar-refractivity contribution in [3.63, 3.8) is 0 Å². The van der Waals surface area contributed by atoms with Crippen LogP contribution in [-0.4, -0.2) is 43.5 Å². The van der Waals surface area contributed by atoms with Crippen LogP contribution in [0.4, 0.5) is 0 Å². The molecule has 0 radical (unpaired) electrons. The molecule has 0 spiro atoms. The van der Waals surface area contributed by atoms with E-state index in [1.807, 2.05) is 43.7 Å². The number of methoxy groups -OCH3 is 1. The first kappa shape index (κ1) is 20.1. The molecule has 0 fully saturated rings. The van der Waals surface area contributed by atoms with Crippen molar-refractivity contribution in [3.05, 3.63) is 62.6 Å². The lowest BCUT2D eigenvalue weighted by Gasteiger charge is -2.23. The number of nitrogens with one attached hydrogen (secondary N) is 2. The molecular weight excluding hydrogens is 374 g/mol. The fourth-order valence-corrected chi connectivity index (χ4v) is 4.03. The van der Waals surface area contributed by atoms with Crippen LogP contribution in [0.25, 0.3) is 10.9 Å². The van der Waals surface area contributed by atoms with Crippen LogP contribution in [0.1, 0.15) is 22.9 Å². The number of thiophene rings is 1. The fourth-order valence-electron chi connectivity index (χ4n) is 3.11. The number of rotatable bonds is 8. The van der Waals surface area contributed by atoms with E-state index < -0.39 is 0 Å². The zero-order valence-electron chi connectivity index (χ0n) is 16.3. The Kier molecular flexibility index (Phi) is 6.49. The van der Waals surface area contributed by atoms with E-state index in [1.165, 1.54) is 4.88 Å². The second-order valence-electron chi connectivity index (χ2n) is 6.88. The van der Waals surface area contributed by atoms with Gasteiger partial charge in [-0.05, 0) is 56.2 Å². The molecule has 1 aromatic carbocycles. The molecule has 1 unspecified atom stereocenters. The summed E-state index contributed by atoms with van der Waals surface area (Å²) in [5.41, 5.74) is 1.19. The molecule has 2 N–H and O–H groups in total. The fraction of sp³-hybridized carbons (Fsp3) is 0.333. The second kappa shape index (κ2) is 9.03. The van der Waals surface area contributed by atoms with E-state index in [-0.39, 0.29) is 23.9 Å². The van der Waals surface area contributed by atoms with Crippen LogP contribution < -0.4 is 15.6 Å². The van der Waals surface area contributed by atoms with Gasteiger partial charge in [0, 0.05) is 34.3 Å². The highest BCUT2D eigenvalue weighted by molar-refractivity contribution is 7.10. The van der Waals surface area contributed by atoms with Crippen molar-refractivity contribution in [2.75, 3.05) is 27.7 Å². The van der Waals surface area contributed by atoms with E-state index in [2.05, 4.69) is 21.3 Å². The Morgan fingerprint density at radius 2 is 2.11 bits per heavy atom. The first-order chi connectivity index (χ1) is 13.5. The van der Waals surface area contributed by atoms with Crippen LogP contribution in [0.2, 0.25) is 0 Å². The molecule has 0 aliphatic carbocycles. The number of aromatic nitrogens is 1. The number of aryl methyl sites for hydroxylation is 1. The maximum absolute atomic E-state index is 12.3. The lowest BCUT2D eigenvalue weighted by molar-refractivity contribution is -0.121. The molecular formula is C21H25N3O3S. The van der Waals surface area contributed by atoms with Gasteiger partial charge < -0.3 is 19.9 Å². The summed E-state index contributed by atoms with van der Waals surface area (Å²) in [6, 6.07) is 11.6. The van der Waals surface area contributed by atoms with Crippen LogP contribution in [0.3, 0.4) is 0 Å². The van der Waals surface area contributed by atoms with Gasteiger partial charge in [0.05, 0.1) is 13.2 Å². The van der Waals surface area contributed by atoms with E-state index in [0.717, 1.165) is 16.7 Å². The Hall–Kier alpha value is -2.64. The van der Waals surface area contributed by atoms with Crippen LogP contribution in [0.15, 0.2) is 46.6 Å². The quantitative estimate of drug-likeness (QED) is 0.611. The molecule has 0 aliphatic rings. The van der Waals surface area contributed by atoms with Gasteiger partial charge in [-0.1, -0.05) is 6.07 Å². The van der Waals surface area contributed by atoms with Crippen molar-refractivity contribution < 1.29 is 9.53 Å². The van der Waals surface area contributed by atoms with Crippen molar-refractivity contribution in [2.24, 2.45) is 0 Å². The highest BCUT2D eigenvalue weighted by Gasteiger charge is 2.16.